The number of ether oxygens (including phenoxy) is 1. The Labute approximate surface area is 178 Å². The highest BCUT2D eigenvalue weighted by molar-refractivity contribution is 8.03. The number of rotatable bonds is 4. The lowest BCUT2D eigenvalue weighted by Gasteiger charge is -2.52. The van der Waals surface area contributed by atoms with Crippen molar-refractivity contribution in [3.63, 3.8) is 0 Å². The fraction of sp³-hybridized carbons (Fsp3) is 0.625. The number of allylic oxidation sites excluding steroid dienone is 1. The molecule has 2 aliphatic heterocycles. The topological polar surface area (TPSA) is 64.3 Å². The molecule has 1 amide bonds. The van der Waals surface area contributed by atoms with Gasteiger partial charge in [0.1, 0.15) is 0 Å². The van der Waals surface area contributed by atoms with E-state index in [1.165, 1.54) is 30.4 Å². The van der Waals surface area contributed by atoms with Crippen molar-refractivity contribution in [2.75, 3.05) is 13.7 Å². The third-order valence-electron chi connectivity index (χ3n) is 8.25. The van der Waals surface area contributed by atoms with E-state index >= 15 is 0 Å². The first-order valence-corrected chi connectivity index (χ1v) is 12.0. The normalized spacial score (nSPS) is 40.0. The van der Waals surface area contributed by atoms with Gasteiger partial charge in [-0.05, 0) is 47.6 Å². The van der Waals surface area contributed by atoms with Gasteiger partial charge in [0.2, 0.25) is 5.91 Å². The van der Waals surface area contributed by atoms with Crippen LogP contribution >= 0.6 is 11.8 Å². The molecule has 4 aliphatic rings. The van der Waals surface area contributed by atoms with E-state index in [1.807, 2.05) is 7.11 Å². The van der Waals surface area contributed by atoms with Crippen LogP contribution in [0.4, 0.5) is 0 Å². The SMILES string of the molecule is COC1CC(C)C2NC(=O)C3SC=CC3C2C1c1ccc(C2(CN)CCC2)cc1. The summed E-state index contributed by atoms with van der Waals surface area (Å²) in [4.78, 5) is 12.7. The van der Waals surface area contributed by atoms with Gasteiger partial charge in [-0.25, -0.2) is 0 Å². The van der Waals surface area contributed by atoms with Gasteiger partial charge in [0.25, 0.3) is 0 Å². The number of nitrogens with one attached hydrogen (secondary N) is 1. The van der Waals surface area contributed by atoms with Crippen molar-refractivity contribution in [3.05, 3.63) is 46.9 Å². The molecule has 7 atom stereocenters. The number of hydrogen-bond donors (Lipinski definition) is 2. The number of fused-ring (bicyclic) bond motifs is 3. The first kappa shape index (κ1) is 19.7. The molecule has 156 valence electrons. The third kappa shape index (κ3) is 3.00. The molecule has 0 bridgehead atoms. The standard InChI is InChI=1S/C24H32N2O2S/c1-14-12-18(28-2)19(20-17-8-11-29-22(17)23(27)26-21(14)20)15-4-6-16(7-5-15)24(13-25)9-3-10-24/h4-8,11,14,17-22H,3,9-10,12-13,25H2,1-2H3,(H,26,27). The maximum absolute atomic E-state index is 12.7. The van der Waals surface area contributed by atoms with Gasteiger partial charge in [-0.3, -0.25) is 4.79 Å². The Bertz CT molecular complexity index is 798. The lowest BCUT2D eigenvalue weighted by Crippen LogP contribution is -2.62. The summed E-state index contributed by atoms with van der Waals surface area (Å²) < 4.78 is 6.04. The predicted octanol–water partition coefficient (Wildman–Crippen LogP) is 3.57. The van der Waals surface area contributed by atoms with Crippen LogP contribution < -0.4 is 11.1 Å². The molecule has 1 saturated heterocycles. The van der Waals surface area contributed by atoms with Gasteiger partial charge in [0.15, 0.2) is 0 Å². The van der Waals surface area contributed by atoms with Gasteiger partial charge in [0.05, 0.1) is 11.4 Å². The Balaban J connectivity index is 1.51. The van der Waals surface area contributed by atoms with Crippen molar-refractivity contribution in [2.45, 2.75) is 61.3 Å². The molecule has 3 N–H and O–H groups in total. The molecule has 5 rings (SSSR count). The molecule has 0 radical (unpaired) electrons. The maximum atomic E-state index is 12.7. The van der Waals surface area contributed by atoms with Gasteiger partial charge >= 0.3 is 0 Å². The van der Waals surface area contributed by atoms with Crippen LogP contribution in [0.2, 0.25) is 0 Å². The Hall–Kier alpha value is -1.30. The molecule has 2 saturated carbocycles. The van der Waals surface area contributed by atoms with Crippen LogP contribution in [0.25, 0.3) is 0 Å². The highest BCUT2D eigenvalue weighted by atomic mass is 32.2. The minimum absolute atomic E-state index is 0.0105. The van der Waals surface area contributed by atoms with E-state index in [0.29, 0.717) is 17.8 Å². The van der Waals surface area contributed by atoms with Gasteiger partial charge in [-0.2, -0.15) is 0 Å². The first-order chi connectivity index (χ1) is 14.1. The molecule has 2 aliphatic carbocycles. The molecule has 5 heteroatoms. The van der Waals surface area contributed by atoms with E-state index in [2.05, 4.69) is 48.0 Å². The van der Waals surface area contributed by atoms with Crippen molar-refractivity contribution in [1.82, 2.24) is 5.32 Å². The lowest BCUT2D eigenvalue weighted by atomic mass is 9.60. The number of amides is 1. The fourth-order valence-corrected chi connectivity index (χ4v) is 7.49. The number of nitrogens with two attached hydrogens (primary N) is 1. The van der Waals surface area contributed by atoms with E-state index in [0.717, 1.165) is 13.0 Å². The van der Waals surface area contributed by atoms with E-state index in [-0.39, 0.29) is 34.6 Å². The molecule has 3 fully saturated rings. The molecular weight excluding hydrogens is 380 g/mol. The summed E-state index contributed by atoms with van der Waals surface area (Å²) in [6.45, 7) is 2.99. The molecule has 2 heterocycles. The number of carbonyl (C=O) groups excluding carboxylic acids is 1. The minimum Gasteiger partial charge on any atom is -0.381 e. The van der Waals surface area contributed by atoms with E-state index < -0.39 is 0 Å². The first-order valence-electron chi connectivity index (χ1n) is 11.0. The smallest absolute Gasteiger partial charge is 0.234 e. The highest BCUT2D eigenvalue weighted by Gasteiger charge is 2.54. The Morgan fingerprint density at radius 2 is 2.03 bits per heavy atom. The minimum atomic E-state index is 0.0105. The number of carbonyl (C=O) groups is 1. The Morgan fingerprint density at radius 1 is 1.28 bits per heavy atom. The van der Waals surface area contributed by atoms with Gasteiger partial charge in [0, 0.05) is 36.9 Å². The van der Waals surface area contributed by atoms with E-state index in [9.17, 15) is 4.79 Å². The van der Waals surface area contributed by atoms with Crippen molar-refractivity contribution >= 4 is 17.7 Å². The zero-order valence-corrected chi connectivity index (χ0v) is 18.2. The average molecular weight is 413 g/mol. The number of benzene rings is 1. The summed E-state index contributed by atoms with van der Waals surface area (Å²) in [6.07, 6.45) is 7.11. The molecule has 1 aromatic carbocycles. The van der Waals surface area contributed by atoms with E-state index in [1.54, 1.807) is 11.8 Å². The van der Waals surface area contributed by atoms with Crippen molar-refractivity contribution in [1.29, 1.82) is 0 Å². The highest BCUT2D eigenvalue weighted by Crippen LogP contribution is 2.52. The average Bonchev–Trinajstić information content (AvgIpc) is 3.19. The van der Waals surface area contributed by atoms with Crippen LogP contribution in [-0.2, 0) is 14.9 Å². The second-order valence-electron chi connectivity index (χ2n) is 9.55. The number of piperidine rings is 1. The number of methoxy groups -OCH3 is 1. The van der Waals surface area contributed by atoms with Crippen LogP contribution in [0.15, 0.2) is 35.7 Å². The second kappa shape index (κ2) is 7.44. The molecular formula is C24H32N2O2S. The zero-order chi connectivity index (χ0) is 20.2. The van der Waals surface area contributed by atoms with Crippen LogP contribution in [0.1, 0.15) is 49.7 Å². The van der Waals surface area contributed by atoms with Gasteiger partial charge < -0.3 is 15.8 Å². The molecule has 29 heavy (non-hydrogen) atoms. The van der Waals surface area contributed by atoms with Gasteiger partial charge in [-0.1, -0.05) is 43.7 Å². The fourth-order valence-electron chi connectivity index (χ4n) is 6.41. The van der Waals surface area contributed by atoms with Gasteiger partial charge in [-0.15, -0.1) is 11.8 Å². The van der Waals surface area contributed by atoms with Crippen LogP contribution in [-0.4, -0.2) is 37.0 Å². The molecule has 0 spiro atoms. The van der Waals surface area contributed by atoms with Crippen LogP contribution in [0.3, 0.4) is 0 Å². The summed E-state index contributed by atoms with van der Waals surface area (Å²) >= 11 is 1.67. The van der Waals surface area contributed by atoms with Crippen molar-refractivity contribution < 1.29 is 9.53 Å². The lowest BCUT2D eigenvalue weighted by molar-refractivity contribution is -0.128. The zero-order valence-electron chi connectivity index (χ0n) is 17.3. The number of thioether (sulfide) groups is 1. The maximum Gasteiger partial charge on any atom is 0.234 e. The summed E-state index contributed by atoms with van der Waals surface area (Å²) in [5, 5.41) is 5.51. The largest absolute Gasteiger partial charge is 0.381 e. The summed E-state index contributed by atoms with van der Waals surface area (Å²) in [6, 6.07) is 9.45. The Kier molecular flexibility index (Phi) is 5.04. The van der Waals surface area contributed by atoms with Crippen LogP contribution in [0, 0.1) is 17.8 Å². The summed E-state index contributed by atoms with van der Waals surface area (Å²) in [7, 11) is 1.84. The molecule has 1 aromatic rings. The molecule has 0 aromatic heterocycles. The van der Waals surface area contributed by atoms with Crippen molar-refractivity contribution in [2.24, 2.45) is 23.5 Å². The predicted molar refractivity (Wildman–Crippen MR) is 118 cm³/mol. The van der Waals surface area contributed by atoms with Crippen molar-refractivity contribution in [3.8, 4) is 0 Å². The summed E-state index contributed by atoms with van der Waals surface area (Å²) in [5.41, 5.74) is 9.05. The summed E-state index contributed by atoms with van der Waals surface area (Å²) in [5.74, 6) is 1.57. The quantitative estimate of drug-likeness (QED) is 0.794. The second-order valence-corrected chi connectivity index (χ2v) is 10.6. The Morgan fingerprint density at radius 3 is 2.66 bits per heavy atom. The van der Waals surface area contributed by atoms with Crippen LogP contribution in [0.5, 0.6) is 0 Å². The molecule has 4 nitrogen and oxygen atoms in total. The monoisotopic (exact) mass is 412 g/mol. The third-order valence-corrected chi connectivity index (χ3v) is 9.38. The molecule has 7 unspecified atom stereocenters. The number of hydrogen-bond acceptors (Lipinski definition) is 4. The van der Waals surface area contributed by atoms with E-state index in [4.69, 9.17) is 10.5 Å².